The second kappa shape index (κ2) is 8.63. The summed E-state index contributed by atoms with van der Waals surface area (Å²) in [4.78, 5) is 13.9. The molecule has 0 spiro atoms. The molecule has 0 aliphatic heterocycles. The zero-order chi connectivity index (χ0) is 15.0. The Morgan fingerprint density at radius 1 is 1.30 bits per heavy atom. The lowest BCUT2D eigenvalue weighted by atomic mass is 9.95. The van der Waals surface area contributed by atoms with E-state index in [1.807, 2.05) is 6.92 Å². The van der Waals surface area contributed by atoms with Crippen molar-refractivity contribution in [3.63, 3.8) is 0 Å². The summed E-state index contributed by atoms with van der Waals surface area (Å²) in [7, 11) is 0. The average molecular weight is 284 g/mol. The van der Waals surface area contributed by atoms with Crippen LogP contribution in [0, 0.1) is 5.92 Å². The Labute approximate surface area is 123 Å². The van der Waals surface area contributed by atoms with Crippen LogP contribution >= 0.6 is 0 Å². The summed E-state index contributed by atoms with van der Waals surface area (Å²) in [5.74, 6) is 0.204. The number of hydrogen-bond donors (Lipinski definition) is 2. The maximum Gasteiger partial charge on any atom is 0.323 e. The molecule has 0 radical (unpaired) electrons. The fourth-order valence-electron chi connectivity index (χ4n) is 2.75. The van der Waals surface area contributed by atoms with Crippen LogP contribution in [0.5, 0.6) is 0 Å². The molecule has 0 aromatic rings. The first-order valence-electron chi connectivity index (χ1n) is 8.22. The SMILES string of the molecule is CCCN(CCCCC(C)(NCC)C(=O)O)CC1CC1. The van der Waals surface area contributed by atoms with E-state index in [1.165, 1.54) is 32.4 Å². The predicted molar refractivity (Wildman–Crippen MR) is 83.0 cm³/mol. The molecule has 0 aromatic carbocycles. The highest BCUT2D eigenvalue weighted by atomic mass is 16.4. The summed E-state index contributed by atoms with van der Waals surface area (Å²) in [6.45, 7) is 10.2. The molecule has 1 saturated carbocycles. The van der Waals surface area contributed by atoms with E-state index in [0.717, 1.165) is 25.3 Å². The standard InChI is InChI=1S/C16H32N2O2/c1-4-11-18(13-14-8-9-14)12-7-6-10-16(3,15(19)20)17-5-2/h14,17H,4-13H2,1-3H3,(H,19,20). The number of aliphatic carboxylic acids is 1. The van der Waals surface area contributed by atoms with Crippen molar-refractivity contribution < 1.29 is 9.90 Å². The number of nitrogens with zero attached hydrogens (tertiary/aromatic N) is 1. The molecule has 0 aromatic heterocycles. The van der Waals surface area contributed by atoms with Crippen LogP contribution in [0.15, 0.2) is 0 Å². The molecular formula is C16H32N2O2. The number of likely N-dealkylation sites (N-methyl/N-ethyl adjacent to an activating group) is 1. The zero-order valence-corrected chi connectivity index (χ0v) is 13.5. The van der Waals surface area contributed by atoms with E-state index in [0.29, 0.717) is 13.0 Å². The fourth-order valence-corrected chi connectivity index (χ4v) is 2.75. The van der Waals surface area contributed by atoms with Crippen LogP contribution in [0.4, 0.5) is 0 Å². The van der Waals surface area contributed by atoms with Gasteiger partial charge in [0.2, 0.25) is 0 Å². The molecule has 4 nitrogen and oxygen atoms in total. The third kappa shape index (κ3) is 6.23. The largest absolute Gasteiger partial charge is 0.480 e. The highest BCUT2D eigenvalue weighted by molar-refractivity contribution is 5.78. The van der Waals surface area contributed by atoms with Crippen LogP contribution in [-0.4, -0.2) is 47.7 Å². The van der Waals surface area contributed by atoms with E-state index >= 15 is 0 Å². The normalized spacial score (nSPS) is 18.2. The molecule has 0 heterocycles. The lowest BCUT2D eigenvalue weighted by Crippen LogP contribution is -2.49. The fraction of sp³-hybridized carbons (Fsp3) is 0.938. The monoisotopic (exact) mass is 284 g/mol. The Balaban J connectivity index is 2.24. The quantitative estimate of drug-likeness (QED) is 0.541. The molecule has 4 heteroatoms. The molecular weight excluding hydrogens is 252 g/mol. The number of hydrogen-bond acceptors (Lipinski definition) is 3. The van der Waals surface area contributed by atoms with Gasteiger partial charge in [-0.2, -0.15) is 0 Å². The van der Waals surface area contributed by atoms with Crippen molar-refractivity contribution in [1.29, 1.82) is 0 Å². The number of rotatable bonds is 12. The zero-order valence-electron chi connectivity index (χ0n) is 13.5. The van der Waals surface area contributed by atoms with Crippen molar-refractivity contribution >= 4 is 5.97 Å². The third-order valence-corrected chi connectivity index (χ3v) is 4.19. The maximum atomic E-state index is 11.3. The first kappa shape index (κ1) is 17.4. The molecule has 0 saturated heterocycles. The molecule has 1 unspecified atom stereocenters. The summed E-state index contributed by atoms with van der Waals surface area (Å²) < 4.78 is 0. The summed E-state index contributed by atoms with van der Waals surface area (Å²) in [5, 5.41) is 12.4. The smallest absolute Gasteiger partial charge is 0.323 e. The predicted octanol–water partition coefficient (Wildman–Crippen LogP) is 2.73. The molecule has 118 valence electrons. The molecule has 1 aliphatic carbocycles. The lowest BCUT2D eigenvalue weighted by Gasteiger charge is -2.26. The Morgan fingerprint density at radius 2 is 2.00 bits per heavy atom. The molecule has 1 atom stereocenters. The van der Waals surface area contributed by atoms with E-state index in [4.69, 9.17) is 0 Å². The molecule has 0 amide bonds. The van der Waals surface area contributed by atoms with Gasteiger partial charge in [0.1, 0.15) is 5.54 Å². The van der Waals surface area contributed by atoms with Crippen molar-refractivity contribution in [2.75, 3.05) is 26.2 Å². The second-order valence-electron chi connectivity index (χ2n) is 6.37. The first-order chi connectivity index (χ1) is 9.51. The lowest BCUT2D eigenvalue weighted by molar-refractivity contribution is -0.144. The highest BCUT2D eigenvalue weighted by Gasteiger charge is 2.31. The van der Waals surface area contributed by atoms with Crippen molar-refractivity contribution in [2.24, 2.45) is 5.92 Å². The van der Waals surface area contributed by atoms with Gasteiger partial charge < -0.3 is 15.3 Å². The highest BCUT2D eigenvalue weighted by Crippen LogP contribution is 2.29. The van der Waals surface area contributed by atoms with Gasteiger partial charge in [-0.3, -0.25) is 4.79 Å². The number of carboxylic acid groups (broad SMARTS) is 1. The Hall–Kier alpha value is -0.610. The minimum atomic E-state index is -0.763. The number of unbranched alkanes of at least 4 members (excludes halogenated alkanes) is 1. The number of nitrogens with one attached hydrogen (secondary N) is 1. The van der Waals surface area contributed by atoms with Crippen molar-refractivity contribution in [2.45, 2.75) is 64.8 Å². The first-order valence-corrected chi connectivity index (χ1v) is 8.22. The molecule has 20 heavy (non-hydrogen) atoms. The van der Waals surface area contributed by atoms with Gasteiger partial charge in [0.15, 0.2) is 0 Å². The summed E-state index contributed by atoms with van der Waals surface area (Å²) in [5.41, 5.74) is -0.763. The minimum Gasteiger partial charge on any atom is -0.480 e. The van der Waals surface area contributed by atoms with E-state index in [9.17, 15) is 9.90 Å². The van der Waals surface area contributed by atoms with E-state index < -0.39 is 11.5 Å². The van der Waals surface area contributed by atoms with Crippen LogP contribution in [0.25, 0.3) is 0 Å². The van der Waals surface area contributed by atoms with E-state index in [2.05, 4.69) is 17.1 Å². The third-order valence-electron chi connectivity index (χ3n) is 4.19. The van der Waals surface area contributed by atoms with Crippen LogP contribution in [-0.2, 0) is 4.79 Å². The Morgan fingerprint density at radius 3 is 2.50 bits per heavy atom. The van der Waals surface area contributed by atoms with E-state index in [1.54, 1.807) is 6.92 Å². The number of carbonyl (C=O) groups is 1. The van der Waals surface area contributed by atoms with Gasteiger partial charge in [-0.15, -0.1) is 0 Å². The molecule has 1 fully saturated rings. The molecule has 0 bridgehead atoms. The van der Waals surface area contributed by atoms with Crippen molar-refractivity contribution in [1.82, 2.24) is 10.2 Å². The average Bonchev–Trinajstić information content (AvgIpc) is 3.19. The van der Waals surface area contributed by atoms with Gasteiger partial charge >= 0.3 is 5.97 Å². The van der Waals surface area contributed by atoms with Crippen molar-refractivity contribution in [3.8, 4) is 0 Å². The Bertz CT molecular complexity index is 292. The molecule has 1 rings (SSSR count). The summed E-state index contributed by atoms with van der Waals surface area (Å²) in [6.07, 6.45) is 6.79. The second-order valence-corrected chi connectivity index (χ2v) is 6.37. The van der Waals surface area contributed by atoms with Crippen LogP contribution < -0.4 is 5.32 Å². The van der Waals surface area contributed by atoms with Gasteiger partial charge in [0.05, 0.1) is 0 Å². The van der Waals surface area contributed by atoms with Crippen LogP contribution in [0.2, 0.25) is 0 Å². The van der Waals surface area contributed by atoms with Crippen molar-refractivity contribution in [3.05, 3.63) is 0 Å². The van der Waals surface area contributed by atoms with Gasteiger partial charge in [0.25, 0.3) is 0 Å². The van der Waals surface area contributed by atoms with Gasteiger partial charge in [-0.1, -0.05) is 13.8 Å². The summed E-state index contributed by atoms with van der Waals surface area (Å²) in [6, 6.07) is 0. The van der Waals surface area contributed by atoms with Gasteiger partial charge in [-0.25, -0.2) is 0 Å². The summed E-state index contributed by atoms with van der Waals surface area (Å²) >= 11 is 0. The Kier molecular flexibility index (Phi) is 7.52. The molecule has 2 N–H and O–H groups in total. The maximum absolute atomic E-state index is 11.3. The van der Waals surface area contributed by atoms with Crippen LogP contribution in [0.3, 0.4) is 0 Å². The molecule has 1 aliphatic rings. The number of carboxylic acids is 1. The van der Waals surface area contributed by atoms with Gasteiger partial charge in [0, 0.05) is 6.54 Å². The van der Waals surface area contributed by atoms with E-state index in [-0.39, 0.29) is 0 Å². The van der Waals surface area contributed by atoms with Crippen LogP contribution in [0.1, 0.15) is 59.3 Å². The minimum absolute atomic E-state index is 0.701. The van der Waals surface area contributed by atoms with Gasteiger partial charge in [-0.05, 0) is 71.0 Å². The topological polar surface area (TPSA) is 52.6 Å².